The van der Waals surface area contributed by atoms with Gasteiger partial charge in [0.1, 0.15) is 47.1 Å². The average Bonchev–Trinajstić information content (AvgIpc) is 3.04. The summed E-state index contributed by atoms with van der Waals surface area (Å²) in [6.45, 7) is -0.759. The van der Waals surface area contributed by atoms with Crippen LogP contribution in [0.25, 0.3) is 22.3 Å². The van der Waals surface area contributed by atoms with Gasteiger partial charge < -0.3 is 58.7 Å². The van der Waals surface area contributed by atoms with E-state index in [2.05, 4.69) is 0 Å². The first kappa shape index (κ1) is 31.4. The third kappa shape index (κ3) is 5.67. The fraction of sp³-hybridized carbons (Fsp3) is 0.290. The Morgan fingerprint density at radius 2 is 1.53 bits per heavy atom. The minimum Gasteiger partial charge on any atom is -0.507 e. The van der Waals surface area contributed by atoms with Crippen LogP contribution < -0.4 is 19.6 Å². The molecule has 14 heteroatoms. The number of phenols is 3. The number of methoxy groups -OCH3 is 3. The van der Waals surface area contributed by atoms with Crippen molar-refractivity contribution in [3.63, 3.8) is 0 Å². The van der Waals surface area contributed by atoms with Crippen LogP contribution in [0.4, 0.5) is 0 Å². The second-order valence-corrected chi connectivity index (χ2v) is 10.1. The van der Waals surface area contributed by atoms with Gasteiger partial charge in [-0.2, -0.15) is 0 Å². The van der Waals surface area contributed by atoms with Crippen LogP contribution in [0.3, 0.4) is 0 Å². The second kappa shape index (κ2) is 12.5. The van der Waals surface area contributed by atoms with Crippen molar-refractivity contribution in [3.05, 3.63) is 69.9 Å². The minimum absolute atomic E-state index is 0.0131. The molecule has 1 aliphatic heterocycles. The molecule has 0 amide bonds. The minimum atomic E-state index is -1.83. The van der Waals surface area contributed by atoms with Gasteiger partial charge in [0, 0.05) is 17.7 Å². The number of rotatable bonds is 8. The van der Waals surface area contributed by atoms with E-state index >= 15 is 0 Å². The number of aliphatic hydroxyl groups is 3. The summed E-state index contributed by atoms with van der Waals surface area (Å²) in [6.07, 6.45) is -8.17. The number of fused-ring (bicyclic) bond motifs is 1. The number of phenolic OH excluding ortho intramolecular Hbond substituents is 3. The Labute approximate surface area is 254 Å². The lowest BCUT2D eigenvalue weighted by molar-refractivity contribution is -0.231. The summed E-state index contributed by atoms with van der Waals surface area (Å²) in [4.78, 5) is 26.7. The quantitative estimate of drug-likeness (QED) is 0.122. The highest BCUT2D eigenvalue weighted by molar-refractivity contribution is 5.91. The molecular weight excluding hydrogens is 596 g/mol. The molecule has 0 bridgehead atoms. The summed E-state index contributed by atoms with van der Waals surface area (Å²) >= 11 is 0. The summed E-state index contributed by atoms with van der Waals surface area (Å²) in [7, 11) is 4.03. The van der Waals surface area contributed by atoms with E-state index < -0.39 is 65.8 Å². The summed E-state index contributed by atoms with van der Waals surface area (Å²) in [5.41, 5.74) is -0.988. The van der Waals surface area contributed by atoms with Crippen molar-refractivity contribution in [1.82, 2.24) is 0 Å². The van der Waals surface area contributed by atoms with Crippen LogP contribution in [0, 0.1) is 0 Å². The molecule has 0 spiro atoms. The third-order valence-electron chi connectivity index (χ3n) is 7.48. The SMILES string of the molecule is COc1ccc(C(=O)O[C@@H]2[C@@H](O)[C@H](O)[C@@H](CO)O[C@H]2c2c(OC)cc(O)c3c(=O)cc(-c4ccc(O)c(O)c4)oc23)cc1OC. The summed E-state index contributed by atoms with van der Waals surface area (Å²) < 4.78 is 33.7. The number of carbonyl (C=O) groups is 1. The van der Waals surface area contributed by atoms with Gasteiger partial charge in [0.15, 0.2) is 40.1 Å². The molecule has 0 saturated carbocycles. The lowest BCUT2D eigenvalue weighted by Gasteiger charge is -2.42. The normalized spacial score (nSPS) is 21.3. The van der Waals surface area contributed by atoms with Crippen LogP contribution in [0.1, 0.15) is 22.0 Å². The van der Waals surface area contributed by atoms with Crippen molar-refractivity contribution in [2.24, 2.45) is 0 Å². The van der Waals surface area contributed by atoms with Gasteiger partial charge in [-0.3, -0.25) is 4.79 Å². The van der Waals surface area contributed by atoms with E-state index in [1.165, 1.54) is 51.7 Å². The number of aromatic hydroxyl groups is 3. The average molecular weight is 627 g/mol. The van der Waals surface area contributed by atoms with Gasteiger partial charge in [0.25, 0.3) is 0 Å². The number of hydrogen-bond acceptors (Lipinski definition) is 14. The van der Waals surface area contributed by atoms with Crippen LogP contribution in [0.15, 0.2) is 57.7 Å². The van der Waals surface area contributed by atoms with Gasteiger partial charge in [-0.15, -0.1) is 0 Å². The lowest BCUT2D eigenvalue weighted by atomic mass is 9.89. The molecular formula is C31H30O14. The summed E-state index contributed by atoms with van der Waals surface area (Å²) in [5.74, 6) is -2.09. The molecule has 3 aromatic carbocycles. The monoisotopic (exact) mass is 626 g/mol. The Morgan fingerprint density at radius 3 is 2.18 bits per heavy atom. The fourth-order valence-corrected chi connectivity index (χ4v) is 5.18. The predicted molar refractivity (Wildman–Crippen MR) is 155 cm³/mol. The van der Waals surface area contributed by atoms with E-state index in [4.69, 9.17) is 28.1 Å². The lowest BCUT2D eigenvalue weighted by Crippen LogP contribution is -2.56. The van der Waals surface area contributed by atoms with Gasteiger partial charge in [0.05, 0.1) is 39.1 Å². The molecule has 5 atom stereocenters. The second-order valence-electron chi connectivity index (χ2n) is 10.1. The Balaban J connectivity index is 1.69. The van der Waals surface area contributed by atoms with Gasteiger partial charge in [-0.1, -0.05) is 0 Å². The molecule has 2 heterocycles. The zero-order valence-corrected chi connectivity index (χ0v) is 24.2. The largest absolute Gasteiger partial charge is 0.507 e. The van der Waals surface area contributed by atoms with Gasteiger partial charge in [-0.25, -0.2) is 4.79 Å². The number of benzene rings is 3. The van der Waals surface area contributed by atoms with Crippen LogP contribution in [-0.2, 0) is 9.47 Å². The van der Waals surface area contributed by atoms with Gasteiger partial charge in [0.2, 0.25) is 0 Å². The molecule has 0 unspecified atom stereocenters. The molecule has 4 aromatic rings. The molecule has 6 N–H and O–H groups in total. The zero-order valence-electron chi connectivity index (χ0n) is 24.2. The van der Waals surface area contributed by atoms with Crippen LogP contribution in [0.2, 0.25) is 0 Å². The number of esters is 1. The van der Waals surface area contributed by atoms with Crippen LogP contribution >= 0.6 is 0 Å². The molecule has 0 aliphatic carbocycles. The van der Waals surface area contributed by atoms with Crippen molar-refractivity contribution < 1.29 is 63.5 Å². The number of ether oxygens (including phenoxy) is 5. The summed E-state index contributed by atoms with van der Waals surface area (Å²) in [6, 6.07) is 10.0. The van der Waals surface area contributed by atoms with E-state index in [0.717, 1.165) is 18.2 Å². The molecule has 238 valence electrons. The smallest absolute Gasteiger partial charge is 0.338 e. The molecule has 1 aliphatic rings. The van der Waals surface area contributed by atoms with E-state index in [9.17, 15) is 40.2 Å². The molecule has 5 rings (SSSR count). The highest BCUT2D eigenvalue weighted by atomic mass is 16.6. The Bertz CT molecular complexity index is 1800. The molecule has 1 aromatic heterocycles. The highest BCUT2D eigenvalue weighted by Gasteiger charge is 2.49. The van der Waals surface area contributed by atoms with Crippen molar-refractivity contribution in [2.45, 2.75) is 30.5 Å². The molecule has 14 nitrogen and oxygen atoms in total. The van der Waals surface area contributed by atoms with Crippen molar-refractivity contribution >= 4 is 16.9 Å². The highest BCUT2D eigenvalue weighted by Crippen LogP contribution is 2.45. The third-order valence-corrected chi connectivity index (χ3v) is 7.48. The van der Waals surface area contributed by atoms with E-state index in [-0.39, 0.29) is 44.9 Å². The Morgan fingerprint density at radius 1 is 0.822 bits per heavy atom. The molecule has 0 radical (unpaired) electrons. The summed E-state index contributed by atoms with van der Waals surface area (Å²) in [5, 5.41) is 62.1. The van der Waals surface area contributed by atoms with Gasteiger partial charge >= 0.3 is 5.97 Å². The predicted octanol–water partition coefficient (Wildman–Crippen LogP) is 1.98. The molecule has 1 saturated heterocycles. The maximum absolute atomic E-state index is 13.4. The maximum atomic E-state index is 13.4. The Hall–Kier alpha value is -5.02. The first-order valence-corrected chi connectivity index (χ1v) is 13.5. The van der Waals surface area contributed by atoms with Crippen LogP contribution in [0.5, 0.6) is 34.5 Å². The molecule has 1 fully saturated rings. The van der Waals surface area contributed by atoms with E-state index in [1.807, 2.05) is 0 Å². The first-order valence-electron chi connectivity index (χ1n) is 13.5. The van der Waals surface area contributed by atoms with Crippen LogP contribution in [-0.4, -0.2) is 89.0 Å². The van der Waals surface area contributed by atoms with Gasteiger partial charge in [-0.05, 0) is 36.4 Å². The number of hydrogen-bond donors (Lipinski definition) is 6. The van der Waals surface area contributed by atoms with E-state index in [1.54, 1.807) is 0 Å². The molecule has 45 heavy (non-hydrogen) atoms. The standard InChI is InChI=1S/C31H30O14/c1-40-19-7-5-14(9-21(19)41-2)31(39)45-30-27(38)26(37)23(12-32)44-29(30)25-22(42-3)11-18(36)24-17(35)10-20(43-28(24)25)13-4-6-15(33)16(34)8-13/h4-11,23,26-27,29-30,32-34,36-38H,12H2,1-3H3/t23-,26-,27+,29+,30-/m1/s1. The van der Waals surface area contributed by atoms with Crippen molar-refractivity contribution in [2.75, 3.05) is 27.9 Å². The fourth-order valence-electron chi connectivity index (χ4n) is 5.18. The maximum Gasteiger partial charge on any atom is 0.338 e. The van der Waals surface area contributed by atoms with E-state index in [0.29, 0.717) is 5.75 Å². The first-order chi connectivity index (χ1) is 21.5. The Kier molecular flexibility index (Phi) is 8.75. The van der Waals surface area contributed by atoms with Crippen molar-refractivity contribution in [3.8, 4) is 45.8 Å². The topological polar surface area (TPSA) is 215 Å². The van der Waals surface area contributed by atoms with Crippen molar-refractivity contribution in [1.29, 1.82) is 0 Å². The number of aliphatic hydroxyl groups excluding tert-OH is 3. The zero-order chi connectivity index (χ0) is 32.6. The number of carbonyl (C=O) groups excluding carboxylic acids is 1.